The summed E-state index contributed by atoms with van der Waals surface area (Å²) in [6.07, 6.45) is 1.66. The molecule has 118 valence electrons. The summed E-state index contributed by atoms with van der Waals surface area (Å²) < 4.78 is 5.13. The van der Waals surface area contributed by atoms with E-state index >= 15 is 0 Å². The van der Waals surface area contributed by atoms with E-state index in [9.17, 15) is 4.79 Å². The SMILES string of the molecule is COCCC(NC(=O)C1CCNC1)c1ccc(Cl)cc1.Cl. The van der Waals surface area contributed by atoms with Crippen LogP contribution in [0.3, 0.4) is 0 Å². The minimum Gasteiger partial charge on any atom is -0.385 e. The van der Waals surface area contributed by atoms with Gasteiger partial charge in [-0.15, -0.1) is 12.4 Å². The van der Waals surface area contributed by atoms with E-state index in [0.29, 0.717) is 11.6 Å². The number of halogens is 2. The van der Waals surface area contributed by atoms with Crippen LogP contribution in [0, 0.1) is 5.92 Å². The summed E-state index contributed by atoms with van der Waals surface area (Å²) in [5, 5.41) is 7.04. The maximum absolute atomic E-state index is 12.2. The topological polar surface area (TPSA) is 50.4 Å². The number of carbonyl (C=O) groups excluding carboxylic acids is 1. The van der Waals surface area contributed by atoms with Gasteiger partial charge in [0.15, 0.2) is 0 Å². The zero-order valence-electron chi connectivity index (χ0n) is 12.1. The monoisotopic (exact) mass is 332 g/mol. The Labute approximate surface area is 137 Å². The van der Waals surface area contributed by atoms with Crippen LogP contribution < -0.4 is 10.6 Å². The van der Waals surface area contributed by atoms with E-state index in [1.807, 2.05) is 24.3 Å². The van der Waals surface area contributed by atoms with Crippen molar-refractivity contribution in [3.05, 3.63) is 34.9 Å². The normalized spacial score (nSPS) is 18.9. The van der Waals surface area contributed by atoms with E-state index in [1.54, 1.807) is 7.11 Å². The maximum Gasteiger partial charge on any atom is 0.224 e. The Bertz CT molecular complexity index is 434. The van der Waals surface area contributed by atoms with Crippen LogP contribution >= 0.6 is 24.0 Å². The molecular weight excluding hydrogens is 311 g/mol. The zero-order valence-corrected chi connectivity index (χ0v) is 13.7. The minimum atomic E-state index is -0.0275. The number of benzene rings is 1. The smallest absolute Gasteiger partial charge is 0.224 e. The Morgan fingerprint density at radius 3 is 2.76 bits per heavy atom. The molecule has 1 heterocycles. The lowest BCUT2D eigenvalue weighted by Gasteiger charge is -2.21. The second-order valence-corrected chi connectivity index (χ2v) is 5.52. The van der Waals surface area contributed by atoms with Gasteiger partial charge in [0, 0.05) is 25.3 Å². The fourth-order valence-electron chi connectivity index (χ4n) is 2.42. The lowest BCUT2D eigenvalue weighted by atomic mass is 10.0. The van der Waals surface area contributed by atoms with Crippen molar-refractivity contribution in [2.75, 3.05) is 26.8 Å². The van der Waals surface area contributed by atoms with Crippen LogP contribution in [0.5, 0.6) is 0 Å². The molecule has 0 radical (unpaired) electrons. The van der Waals surface area contributed by atoms with Gasteiger partial charge in [0.05, 0.1) is 12.0 Å². The molecule has 21 heavy (non-hydrogen) atoms. The van der Waals surface area contributed by atoms with Crippen LogP contribution in [-0.4, -0.2) is 32.7 Å². The first kappa shape index (κ1) is 18.2. The third kappa shape index (κ3) is 5.47. The summed E-state index contributed by atoms with van der Waals surface area (Å²) in [6.45, 7) is 2.29. The number of rotatable bonds is 6. The molecule has 0 aromatic heterocycles. The van der Waals surface area contributed by atoms with E-state index in [1.165, 1.54) is 0 Å². The molecule has 1 aromatic rings. The van der Waals surface area contributed by atoms with Crippen molar-refractivity contribution in [3.63, 3.8) is 0 Å². The summed E-state index contributed by atoms with van der Waals surface area (Å²) in [7, 11) is 1.67. The second-order valence-electron chi connectivity index (χ2n) is 5.08. The Morgan fingerprint density at radius 1 is 1.48 bits per heavy atom. The molecule has 4 nitrogen and oxygen atoms in total. The molecule has 1 aliphatic rings. The van der Waals surface area contributed by atoms with E-state index in [0.717, 1.165) is 31.5 Å². The maximum atomic E-state index is 12.2. The first-order valence-electron chi connectivity index (χ1n) is 6.96. The Hall–Kier alpha value is -0.810. The van der Waals surface area contributed by atoms with Gasteiger partial charge < -0.3 is 15.4 Å². The molecule has 2 N–H and O–H groups in total. The molecule has 2 atom stereocenters. The second kappa shape index (κ2) is 9.26. The standard InChI is InChI=1S/C15H21ClN2O2.ClH/c1-20-9-7-14(11-2-4-13(16)5-3-11)18-15(19)12-6-8-17-10-12;/h2-5,12,14,17H,6-10H2,1H3,(H,18,19);1H. The zero-order chi connectivity index (χ0) is 14.4. The molecule has 2 rings (SSSR count). The third-order valence-electron chi connectivity index (χ3n) is 3.63. The molecule has 0 spiro atoms. The van der Waals surface area contributed by atoms with Gasteiger partial charge in [-0.2, -0.15) is 0 Å². The number of hydrogen-bond donors (Lipinski definition) is 2. The van der Waals surface area contributed by atoms with Gasteiger partial charge in [0.25, 0.3) is 0 Å². The van der Waals surface area contributed by atoms with Crippen molar-refractivity contribution >= 4 is 29.9 Å². The fraction of sp³-hybridized carbons (Fsp3) is 0.533. The predicted octanol–water partition coefficient (Wildman–Crippen LogP) is 2.57. The molecule has 1 fully saturated rings. The fourth-order valence-corrected chi connectivity index (χ4v) is 2.55. The summed E-state index contributed by atoms with van der Waals surface area (Å²) in [6, 6.07) is 7.58. The summed E-state index contributed by atoms with van der Waals surface area (Å²) >= 11 is 5.91. The van der Waals surface area contributed by atoms with Crippen LogP contribution in [0.25, 0.3) is 0 Å². The minimum absolute atomic E-state index is 0. The highest BCUT2D eigenvalue weighted by molar-refractivity contribution is 6.30. The number of ether oxygens (including phenoxy) is 1. The predicted molar refractivity (Wildman–Crippen MR) is 87.1 cm³/mol. The van der Waals surface area contributed by atoms with Crippen LogP contribution in [-0.2, 0) is 9.53 Å². The lowest BCUT2D eigenvalue weighted by molar-refractivity contribution is -0.125. The highest BCUT2D eigenvalue weighted by Gasteiger charge is 2.24. The highest BCUT2D eigenvalue weighted by Crippen LogP contribution is 2.21. The van der Waals surface area contributed by atoms with Gasteiger partial charge in [-0.25, -0.2) is 0 Å². The van der Waals surface area contributed by atoms with Gasteiger partial charge in [-0.05, 0) is 37.1 Å². The van der Waals surface area contributed by atoms with Gasteiger partial charge in [-0.3, -0.25) is 4.79 Å². The average Bonchev–Trinajstić information content (AvgIpc) is 2.98. The lowest BCUT2D eigenvalue weighted by Crippen LogP contribution is -2.35. The Kier molecular flexibility index (Phi) is 8.04. The van der Waals surface area contributed by atoms with Gasteiger partial charge >= 0.3 is 0 Å². The molecule has 1 aliphatic heterocycles. The number of nitrogens with one attached hydrogen (secondary N) is 2. The average molecular weight is 333 g/mol. The Balaban J connectivity index is 0.00000220. The van der Waals surface area contributed by atoms with Crippen molar-refractivity contribution in [2.45, 2.75) is 18.9 Å². The van der Waals surface area contributed by atoms with E-state index in [2.05, 4.69) is 10.6 Å². The van der Waals surface area contributed by atoms with Crippen molar-refractivity contribution in [1.29, 1.82) is 0 Å². The van der Waals surface area contributed by atoms with Gasteiger partial charge in [0.1, 0.15) is 0 Å². The first-order chi connectivity index (χ1) is 9.70. The summed E-state index contributed by atoms with van der Waals surface area (Å²) in [5.74, 6) is 0.193. The van der Waals surface area contributed by atoms with Crippen LogP contribution in [0.15, 0.2) is 24.3 Å². The molecule has 0 aliphatic carbocycles. The van der Waals surface area contributed by atoms with Gasteiger partial charge in [-0.1, -0.05) is 23.7 Å². The van der Waals surface area contributed by atoms with Crippen LogP contribution in [0.4, 0.5) is 0 Å². The van der Waals surface area contributed by atoms with E-state index < -0.39 is 0 Å². The van der Waals surface area contributed by atoms with Crippen molar-refractivity contribution in [1.82, 2.24) is 10.6 Å². The number of hydrogen-bond acceptors (Lipinski definition) is 3. The number of methoxy groups -OCH3 is 1. The van der Waals surface area contributed by atoms with E-state index in [4.69, 9.17) is 16.3 Å². The van der Waals surface area contributed by atoms with Crippen molar-refractivity contribution < 1.29 is 9.53 Å². The molecule has 0 saturated carbocycles. The molecule has 1 saturated heterocycles. The van der Waals surface area contributed by atoms with Crippen LogP contribution in [0.2, 0.25) is 5.02 Å². The largest absolute Gasteiger partial charge is 0.385 e. The Morgan fingerprint density at radius 2 is 2.19 bits per heavy atom. The van der Waals surface area contributed by atoms with E-state index in [-0.39, 0.29) is 30.3 Å². The number of amides is 1. The molecule has 2 unspecified atom stereocenters. The van der Waals surface area contributed by atoms with Crippen molar-refractivity contribution in [2.24, 2.45) is 5.92 Å². The molecule has 6 heteroatoms. The molecule has 1 aromatic carbocycles. The highest BCUT2D eigenvalue weighted by atomic mass is 35.5. The van der Waals surface area contributed by atoms with Crippen LogP contribution in [0.1, 0.15) is 24.4 Å². The molecular formula is C15H22Cl2N2O2. The molecule has 1 amide bonds. The number of carbonyl (C=O) groups is 1. The summed E-state index contributed by atoms with van der Waals surface area (Å²) in [4.78, 5) is 12.2. The first-order valence-corrected chi connectivity index (χ1v) is 7.34. The third-order valence-corrected chi connectivity index (χ3v) is 3.88. The molecule has 0 bridgehead atoms. The van der Waals surface area contributed by atoms with Crippen molar-refractivity contribution in [3.8, 4) is 0 Å². The quantitative estimate of drug-likeness (QED) is 0.841. The summed E-state index contributed by atoms with van der Waals surface area (Å²) in [5.41, 5.74) is 1.06. The van der Waals surface area contributed by atoms with Gasteiger partial charge in [0.2, 0.25) is 5.91 Å².